The third kappa shape index (κ3) is 4.09. The lowest BCUT2D eigenvalue weighted by molar-refractivity contribution is 0.309. The van der Waals surface area contributed by atoms with Crippen molar-refractivity contribution in [3.05, 3.63) is 29.6 Å². The lowest BCUT2D eigenvalue weighted by Gasteiger charge is -2.22. The molecule has 1 saturated carbocycles. The van der Waals surface area contributed by atoms with Crippen LogP contribution in [0.5, 0.6) is 0 Å². The zero-order chi connectivity index (χ0) is 13.0. The van der Waals surface area contributed by atoms with Gasteiger partial charge < -0.3 is 5.32 Å². The molecule has 0 radical (unpaired) electrons. The van der Waals surface area contributed by atoms with Gasteiger partial charge in [-0.2, -0.15) is 0 Å². The maximum Gasteiger partial charge on any atom is 0.0372 e. The summed E-state index contributed by atoms with van der Waals surface area (Å²) in [4.78, 5) is 4.34. The molecule has 1 atom stereocenters. The molecule has 2 heteroatoms. The van der Waals surface area contributed by atoms with Crippen molar-refractivity contribution < 1.29 is 0 Å². The van der Waals surface area contributed by atoms with Crippen molar-refractivity contribution in [2.45, 2.75) is 65.5 Å². The lowest BCUT2D eigenvalue weighted by atomic mass is 9.85. The van der Waals surface area contributed by atoms with E-state index < -0.39 is 0 Å². The molecule has 100 valence electrons. The molecule has 0 aliphatic heterocycles. The molecular formula is C16H26N2. The van der Waals surface area contributed by atoms with Crippen molar-refractivity contribution in [2.24, 2.45) is 5.41 Å². The Hall–Kier alpha value is -0.890. The molecule has 1 heterocycles. The quantitative estimate of drug-likeness (QED) is 0.820. The number of hydrogen-bond donors (Lipinski definition) is 1. The third-order valence-corrected chi connectivity index (χ3v) is 4.14. The van der Waals surface area contributed by atoms with Crippen LogP contribution in [0.3, 0.4) is 0 Å². The Morgan fingerprint density at radius 1 is 1.28 bits per heavy atom. The average molecular weight is 246 g/mol. The minimum Gasteiger partial charge on any atom is -0.310 e. The number of aromatic nitrogens is 1. The van der Waals surface area contributed by atoms with Crippen molar-refractivity contribution in [1.82, 2.24) is 10.3 Å². The van der Waals surface area contributed by atoms with Gasteiger partial charge >= 0.3 is 0 Å². The highest BCUT2D eigenvalue weighted by Gasteiger charge is 2.23. The van der Waals surface area contributed by atoms with Crippen LogP contribution < -0.4 is 5.32 Å². The van der Waals surface area contributed by atoms with Crippen molar-refractivity contribution in [3.63, 3.8) is 0 Å². The summed E-state index contributed by atoms with van der Waals surface area (Å²) < 4.78 is 0. The minimum absolute atomic E-state index is 0.543. The molecule has 1 aliphatic rings. The van der Waals surface area contributed by atoms with Gasteiger partial charge in [-0.3, -0.25) is 4.98 Å². The van der Waals surface area contributed by atoms with Crippen LogP contribution >= 0.6 is 0 Å². The largest absolute Gasteiger partial charge is 0.310 e. The maximum atomic E-state index is 4.34. The first-order valence-electron chi connectivity index (χ1n) is 7.20. The van der Waals surface area contributed by atoms with Gasteiger partial charge in [0.05, 0.1) is 0 Å². The second-order valence-electron chi connectivity index (χ2n) is 6.48. The molecule has 1 aromatic rings. The minimum atomic E-state index is 0.543. The van der Waals surface area contributed by atoms with E-state index >= 15 is 0 Å². The topological polar surface area (TPSA) is 24.9 Å². The highest BCUT2D eigenvalue weighted by molar-refractivity contribution is 5.12. The molecule has 0 aromatic carbocycles. The first kappa shape index (κ1) is 13.5. The van der Waals surface area contributed by atoms with Gasteiger partial charge in [0.15, 0.2) is 0 Å². The van der Waals surface area contributed by atoms with E-state index in [1.54, 1.807) is 0 Å². The Bertz CT molecular complexity index is 367. The van der Waals surface area contributed by atoms with E-state index in [4.69, 9.17) is 0 Å². The number of pyridine rings is 1. The van der Waals surface area contributed by atoms with Crippen LogP contribution in [0, 0.1) is 12.3 Å². The fraction of sp³-hybridized carbons (Fsp3) is 0.688. The standard InChI is InChI=1S/C16H26N2/c1-13-6-7-14(11-17-13)12-18-15-5-4-9-16(2,3)10-8-15/h6-7,11,15,18H,4-5,8-10,12H2,1-3H3. The first-order chi connectivity index (χ1) is 8.55. The number of nitrogens with one attached hydrogen (secondary N) is 1. The second kappa shape index (κ2) is 5.83. The SMILES string of the molecule is Cc1ccc(CNC2CCCC(C)(C)CC2)cn1. The van der Waals surface area contributed by atoms with Crippen LogP contribution in [0.2, 0.25) is 0 Å². The summed E-state index contributed by atoms with van der Waals surface area (Å²) in [7, 11) is 0. The molecule has 1 fully saturated rings. The Labute approximate surface area is 111 Å². The predicted molar refractivity (Wildman–Crippen MR) is 76.5 cm³/mol. The summed E-state index contributed by atoms with van der Waals surface area (Å²) >= 11 is 0. The molecule has 1 N–H and O–H groups in total. The number of rotatable bonds is 3. The Morgan fingerprint density at radius 2 is 2.11 bits per heavy atom. The second-order valence-corrected chi connectivity index (χ2v) is 6.48. The fourth-order valence-electron chi connectivity index (χ4n) is 2.73. The van der Waals surface area contributed by atoms with E-state index in [1.807, 2.05) is 13.1 Å². The van der Waals surface area contributed by atoms with E-state index in [1.165, 1.54) is 37.7 Å². The molecule has 2 rings (SSSR count). The smallest absolute Gasteiger partial charge is 0.0372 e. The monoisotopic (exact) mass is 246 g/mol. The summed E-state index contributed by atoms with van der Waals surface area (Å²) in [5.74, 6) is 0. The number of hydrogen-bond acceptors (Lipinski definition) is 2. The van der Waals surface area contributed by atoms with Gasteiger partial charge in [0.2, 0.25) is 0 Å². The van der Waals surface area contributed by atoms with Crippen LogP contribution in [0.1, 0.15) is 57.2 Å². The van der Waals surface area contributed by atoms with Gasteiger partial charge in [-0.25, -0.2) is 0 Å². The van der Waals surface area contributed by atoms with E-state index in [9.17, 15) is 0 Å². The van der Waals surface area contributed by atoms with Crippen molar-refractivity contribution >= 4 is 0 Å². The maximum absolute atomic E-state index is 4.34. The molecule has 1 unspecified atom stereocenters. The number of aryl methyl sites for hydroxylation is 1. The van der Waals surface area contributed by atoms with Gasteiger partial charge in [-0.15, -0.1) is 0 Å². The zero-order valence-electron chi connectivity index (χ0n) is 12.0. The summed E-state index contributed by atoms with van der Waals surface area (Å²) in [6.07, 6.45) is 8.70. The highest BCUT2D eigenvalue weighted by atomic mass is 14.9. The van der Waals surface area contributed by atoms with Crippen molar-refractivity contribution in [1.29, 1.82) is 0 Å². The van der Waals surface area contributed by atoms with Crippen LogP contribution in [-0.4, -0.2) is 11.0 Å². The molecule has 1 aromatic heterocycles. The Kier molecular flexibility index (Phi) is 4.39. The molecule has 0 amide bonds. The summed E-state index contributed by atoms with van der Waals surface area (Å²) in [5.41, 5.74) is 2.93. The van der Waals surface area contributed by atoms with E-state index in [-0.39, 0.29) is 0 Å². The number of nitrogens with zero attached hydrogens (tertiary/aromatic N) is 1. The summed E-state index contributed by atoms with van der Waals surface area (Å²) in [6, 6.07) is 4.96. The molecule has 1 aliphatic carbocycles. The van der Waals surface area contributed by atoms with Crippen molar-refractivity contribution in [2.75, 3.05) is 0 Å². The van der Waals surface area contributed by atoms with E-state index in [0.29, 0.717) is 11.5 Å². The first-order valence-corrected chi connectivity index (χ1v) is 7.20. The van der Waals surface area contributed by atoms with Crippen molar-refractivity contribution in [3.8, 4) is 0 Å². The van der Waals surface area contributed by atoms with Crippen LogP contribution in [0.15, 0.2) is 18.3 Å². The van der Waals surface area contributed by atoms with Gasteiger partial charge in [-0.1, -0.05) is 26.3 Å². The molecule has 18 heavy (non-hydrogen) atoms. The molecule has 0 saturated heterocycles. The molecule has 0 spiro atoms. The van der Waals surface area contributed by atoms with Crippen LogP contribution in [0.4, 0.5) is 0 Å². The Balaban J connectivity index is 1.81. The van der Waals surface area contributed by atoms with Gasteiger partial charge in [0, 0.05) is 24.5 Å². The van der Waals surface area contributed by atoms with E-state index in [2.05, 4.69) is 36.3 Å². The predicted octanol–water partition coefficient (Wildman–Crippen LogP) is 3.84. The highest BCUT2D eigenvalue weighted by Crippen LogP contribution is 2.33. The molecular weight excluding hydrogens is 220 g/mol. The normalized spacial score (nSPS) is 23.6. The summed E-state index contributed by atoms with van der Waals surface area (Å²) in [5, 5.41) is 3.70. The third-order valence-electron chi connectivity index (χ3n) is 4.14. The lowest BCUT2D eigenvalue weighted by Crippen LogP contribution is -2.28. The Morgan fingerprint density at radius 3 is 2.83 bits per heavy atom. The average Bonchev–Trinajstić information content (AvgIpc) is 2.50. The van der Waals surface area contributed by atoms with Crippen LogP contribution in [0.25, 0.3) is 0 Å². The van der Waals surface area contributed by atoms with Gasteiger partial charge in [0.1, 0.15) is 0 Å². The van der Waals surface area contributed by atoms with Crippen LogP contribution in [-0.2, 0) is 6.54 Å². The molecule has 0 bridgehead atoms. The fourth-order valence-corrected chi connectivity index (χ4v) is 2.73. The van der Waals surface area contributed by atoms with Gasteiger partial charge in [0.25, 0.3) is 0 Å². The molecule has 2 nitrogen and oxygen atoms in total. The van der Waals surface area contributed by atoms with Gasteiger partial charge in [-0.05, 0) is 49.7 Å². The summed E-state index contributed by atoms with van der Waals surface area (Å²) in [6.45, 7) is 7.79. The van der Waals surface area contributed by atoms with E-state index in [0.717, 1.165) is 12.2 Å². The zero-order valence-corrected chi connectivity index (χ0v) is 12.0.